The van der Waals surface area contributed by atoms with Crippen molar-refractivity contribution in [3.8, 4) is 0 Å². The van der Waals surface area contributed by atoms with Gasteiger partial charge in [-0.05, 0) is 43.0 Å². The minimum absolute atomic E-state index is 0.0247. The molecule has 0 amide bonds. The summed E-state index contributed by atoms with van der Waals surface area (Å²) in [6.07, 6.45) is -3.35. The lowest BCUT2D eigenvalue weighted by Crippen LogP contribution is -2.66. The van der Waals surface area contributed by atoms with Crippen molar-refractivity contribution >= 4 is 51.2 Å². The average Bonchev–Trinajstić information content (AvgIpc) is 3.55. The maximum absolute atomic E-state index is 14.5. The zero-order valence-corrected chi connectivity index (χ0v) is 25.5. The van der Waals surface area contributed by atoms with Gasteiger partial charge in [-0.3, -0.25) is 24.0 Å². The fourth-order valence-electron chi connectivity index (χ4n) is 7.73. The van der Waals surface area contributed by atoms with Gasteiger partial charge in [0.2, 0.25) is 5.78 Å². The number of hydrogen-bond acceptors (Lipinski definition) is 9. The summed E-state index contributed by atoms with van der Waals surface area (Å²) in [4.78, 5) is 80.4. The number of ether oxygens (including phenoxy) is 3. The molecule has 0 saturated heterocycles. The number of Topliss-reactive ketones (excluding diaryl/α,β-unsaturated/α-hetero) is 3. The summed E-state index contributed by atoms with van der Waals surface area (Å²) in [7, 11) is 0. The highest BCUT2D eigenvalue weighted by Crippen LogP contribution is 2.67. The summed E-state index contributed by atoms with van der Waals surface area (Å²) in [6.45, 7) is 9.42. The van der Waals surface area contributed by atoms with E-state index < -0.39 is 69.9 Å². The Labute approximate surface area is 246 Å². The van der Waals surface area contributed by atoms with E-state index in [-0.39, 0.29) is 41.3 Å². The third-order valence-corrected chi connectivity index (χ3v) is 10.2. The van der Waals surface area contributed by atoms with E-state index >= 15 is 0 Å². The highest BCUT2D eigenvalue weighted by molar-refractivity contribution is 9.10. The standard InChI is InChI=1S/C31H33BrO9/c1-14-13-31(14)26(37)20-21(22(36)27(31)40-16(3)34)30(6)12-11-19(35)29(4,5)25(30)24(39-15(2)33)23(20)41-28(38)17-7-9-18(32)10-8-17/h7-10,14,23-25,27H,11-13H2,1-6H3. The van der Waals surface area contributed by atoms with Gasteiger partial charge < -0.3 is 14.2 Å². The van der Waals surface area contributed by atoms with Crippen molar-refractivity contribution in [2.45, 2.75) is 79.1 Å². The van der Waals surface area contributed by atoms with Gasteiger partial charge in [0.15, 0.2) is 18.0 Å². The number of fused-ring (bicyclic) bond motifs is 2. The number of halogens is 1. The molecule has 0 aromatic heterocycles. The summed E-state index contributed by atoms with van der Waals surface area (Å²) in [6, 6.07) is 6.40. The first-order chi connectivity index (χ1) is 19.1. The normalized spacial score (nSPS) is 35.4. The lowest BCUT2D eigenvalue weighted by atomic mass is 9.46. The summed E-state index contributed by atoms with van der Waals surface area (Å²) < 4.78 is 18.2. The Morgan fingerprint density at radius 3 is 2.05 bits per heavy atom. The van der Waals surface area contributed by atoms with Crippen molar-refractivity contribution in [1.29, 1.82) is 0 Å². The van der Waals surface area contributed by atoms with Crippen molar-refractivity contribution in [3.63, 3.8) is 0 Å². The Morgan fingerprint density at radius 1 is 0.927 bits per heavy atom. The fraction of sp³-hybridized carbons (Fsp3) is 0.548. The first-order valence-electron chi connectivity index (χ1n) is 13.7. The maximum atomic E-state index is 14.5. The van der Waals surface area contributed by atoms with Gasteiger partial charge in [-0.1, -0.05) is 43.6 Å². The maximum Gasteiger partial charge on any atom is 0.338 e. The molecule has 5 rings (SSSR count). The first kappa shape index (κ1) is 29.4. The number of esters is 3. The van der Waals surface area contributed by atoms with E-state index in [1.165, 1.54) is 13.8 Å². The van der Waals surface area contributed by atoms with Crippen LogP contribution in [0.5, 0.6) is 0 Å². The molecule has 1 aromatic rings. The van der Waals surface area contributed by atoms with E-state index in [1.54, 1.807) is 52.0 Å². The molecule has 1 aromatic carbocycles. The SMILES string of the molecule is CC(=O)OC1C(OC(=O)c2ccc(Br)cc2)C2=C(C(=O)C(OC(C)=O)C3(CC3C)C2=O)C2(C)CCC(=O)C(C)(C)C12. The summed E-state index contributed by atoms with van der Waals surface area (Å²) in [5.74, 6) is -4.32. The summed E-state index contributed by atoms with van der Waals surface area (Å²) in [5, 5.41) is 0. The molecule has 7 unspecified atom stereocenters. The highest BCUT2D eigenvalue weighted by atomic mass is 79.9. The lowest BCUT2D eigenvalue weighted by Gasteiger charge is -2.58. The van der Waals surface area contributed by atoms with Crippen molar-refractivity contribution in [1.82, 2.24) is 0 Å². The van der Waals surface area contributed by atoms with Gasteiger partial charge in [-0.2, -0.15) is 0 Å². The van der Waals surface area contributed by atoms with Gasteiger partial charge in [-0.25, -0.2) is 4.79 Å². The zero-order chi connectivity index (χ0) is 30.2. The van der Waals surface area contributed by atoms with Crippen LogP contribution >= 0.6 is 15.9 Å². The predicted molar refractivity (Wildman–Crippen MR) is 147 cm³/mol. The molecule has 7 atom stereocenters. The predicted octanol–water partition coefficient (Wildman–Crippen LogP) is 4.34. The monoisotopic (exact) mass is 628 g/mol. The van der Waals surface area contributed by atoms with Crippen molar-refractivity contribution in [3.05, 3.63) is 45.4 Å². The topological polar surface area (TPSA) is 130 Å². The molecule has 0 radical (unpaired) electrons. The molecule has 0 N–H and O–H groups in total. The van der Waals surface area contributed by atoms with Crippen molar-refractivity contribution in [2.24, 2.45) is 28.1 Å². The van der Waals surface area contributed by atoms with Crippen LogP contribution in [0.4, 0.5) is 0 Å². The van der Waals surface area contributed by atoms with Gasteiger partial charge in [0.05, 0.1) is 11.0 Å². The van der Waals surface area contributed by atoms with Gasteiger partial charge in [0.1, 0.15) is 11.9 Å². The minimum Gasteiger partial charge on any atom is -0.458 e. The third-order valence-electron chi connectivity index (χ3n) is 9.69. The highest BCUT2D eigenvalue weighted by Gasteiger charge is 2.74. The molecule has 9 nitrogen and oxygen atoms in total. The van der Waals surface area contributed by atoms with Crippen LogP contribution in [0.15, 0.2) is 39.9 Å². The number of ketones is 3. The number of carbonyl (C=O) groups is 6. The second-order valence-corrected chi connectivity index (χ2v) is 13.5. The molecule has 0 aliphatic heterocycles. The molecule has 2 fully saturated rings. The molecule has 4 aliphatic rings. The number of benzene rings is 1. The average molecular weight is 630 g/mol. The number of carbonyl (C=O) groups excluding carboxylic acids is 6. The van der Waals surface area contributed by atoms with Gasteiger partial charge in [-0.15, -0.1) is 0 Å². The van der Waals surface area contributed by atoms with Crippen LogP contribution in [0.25, 0.3) is 0 Å². The minimum atomic E-state index is -1.45. The van der Waals surface area contributed by atoms with E-state index in [0.29, 0.717) is 6.42 Å². The van der Waals surface area contributed by atoms with Crippen molar-refractivity contribution in [2.75, 3.05) is 0 Å². The fourth-order valence-corrected chi connectivity index (χ4v) is 7.99. The van der Waals surface area contributed by atoms with Crippen LogP contribution in [0, 0.1) is 28.1 Å². The molecule has 0 heterocycles. The number of rotatable bonds is 4. The second kappa shape index (κ2) is 9.71. The molecule has 10 heteroatoms. The van der Waals surface area contributed by atoms with Crippen LogP contribution in [0.3, 0.4) is 0 Å². The Kier molecular flexibility index (Phi) is 6.95. The van der Waals surface area contributed by atoms with Crippen LogP contribution in [0.1, 0.15) is 71.2 Å². The largest absolute Gasteiger partial charge is 0.458 e. The van der Waals surface area contributed by atoms with E-state index in [2.05, 4.69) is 15.9 Å². The third kappa shape index (κ3) is 4.32. The molecule has 2 saturated carbocycles. The lowest BCUT2D eigenvalue weighted by molar-refractivity contribution is -0.182. The second-order valence-electron chi connectivity index (χ2n) is 12.6. The Balaban J connectivity index is 1.77. The van der Waals surface area contributed by atoms with E-state index in [1.807, 2.05) is 0 Å². The van der Waals surface area contributed by atoms with Crippen LogP contribution in [-0.2, 0) is 38.2 Å². The quantitative estimate of drug-likeness (QED) is 0.353. The Hall–Kier alpha value is -3.14. The molecule has 218 valence electrons. The molecule has 41 heavy (non-hydrogen) atoms. The zero-order valence-electron chi connectivity index (χ0n) is 23.9. The molecular formula is C31H33BrO9. The van der Waals surface area contributed by atoms with Gasteiger partial charge >= 0.3 is 17.9 Å². The van der Waals surface area contributed by atoms with E-state index in [9.17, 15) is 28.8 Å². The van der Waals surface area contributed by atoms with Crippen molar-refractivity contribution < 1.29 is 43.0 Å². The van der Waals surface area contributed by atoms with E-state index in [0.717, 1.165) is 4.47 Å². The molecule has 1 spiro atoms. The van der Waals surface area contributed by atoms with Crippen LogP contribution < -0.4 is 0 Å². The van der Waals surface area contributed by atoms with Gasteiger partial charge in [0, 0.05) is 52.6 Å². The molecule has 0 bridgehead atoms. The molecule has 4 aliphatic carbocycles. The smallest absolute Gasteiger partial charge is 0.338 e. The number of hydrogen-bond donors (Lipinski definition) is 0. The Morgan fingerprint density at radius 2 is 1.51 bits per heavy atom. The van der Waals surface area contributed by atoms with Crippen LogP contribution in [0.2, 0.25) is 0 Å². The Bertz CT molecular complexity index is 1420. The summed E-state index contributed by atoms with van der Waals surface area (Å²) >= 11 is 3.33. The first-order valence-corrected chi connectivity index (χ1v) is 14.5. The van der Waals surface area contributed by atoms with Crippen LogP contribution in [-0.4, -0.2) is 53.6 Å². The summed E-state index contributed by atoms with van der Waals surface area (Å²) in [5.41, 5.74) is -3.27. The van der Waals surface area contributed by atoms with Gasteiger partial charge in [0.25, 0.3) is 0 Å². The van der Waals surface area contributed by atoms with E-state index in [4.69, 9.17) is 14.2 Å². The molecular weight excluding hydrogens is 596 g/mol.